The molecule has 0 amide bonds. The molecule has 4 aromatic carbocycles. The van der Waals surface area contributed by atoms with Crippen LogP contribution >= 0.6 is 11.6 Å². The van der Waals surface area contributed by atoms with Crippen molar-refractivity contribution in [2.75, 3.05) is 22.1 Å². The van der Waals surface area contributed by atoms with Gasteiger partial charge in [0.15, 0.2) is 0 Å². The summed E-state index contributed by atoms with van der Waals surface area (Å²) < 4.78 is 9.77. The van der Waals surface area contributed by atoms with Crippen molar-refractivity contribution < 1.29 is 0 Å². The van der Waals surface area contributed by atoms with E-state index in [-0.39, 0.29) is 46.5 Å². The number of pyridine rings is 4. The van der Waals surface area contributed by atoms with Crippen LogP contribution in [0.1, 0.15) is 122 Å². The van der Waals surface area contributed by atoms with Crippen molar-refractivity contribution in [2.45, 2.75) is 125 Å². The van der Waals surface area contributed by atoms with Gasteiger partial charge in [-0.1, -0.05) is 85.3 Å². The first-order chi connectivity index (χ1) is 42.7. The van der Waals surface area contributed by atoms with Gasteiger partial charge in [0.25, 0.3) is 11.1 Å². The van der Waals surface area contributed by atoms with Crippen LogP contribution in [0.2, 0.25) is 18.3 Å². The van der Waals surface area contributed by atoms with Gasteiger partial charge in [-0.15, -0.1) is 0 Å². The predicted octanol–water partition coefficient (Wildman–Crippen LogP) is 16.2. The van der Waals surface area contributed by atoms with E-state index in [0.717, 1.165) is 51.8 Å². The Kier molecular flexibility index (Phi) is 23.0. The first-order valence-electron chi connectivity index (χ1n) is 30.3. The number of benzene rings is 4. The van der Waals surface area contributed by atoms with E-state index in [9.17, 15) is 9.59 Å². The quantitative estimate of drug-likeness (QED) is 0.0392. The Morgan fingerprint density at radius 1 is 0.557 bits per heavy atom. The third-order valence-corrected chi connectivity index (χ3v) is 31.8. The van der Waals surface area contributed by atoms with Crippen molar-refractivity contribution >= 4 is 90.0 Å². The molecule has 6 aromatic heterocycles. The Hall–Kier alpha value is -8.97. The van der Waals surface area contributed by atoms with E-state index in [4.69, 9.17) is 36.2 Å². The molecule has 16 nitrogen and oxygen atoms in total. The zero-order valence-corrected chi connectivity index (χ0v) is 54.9. The van der Waals surface area contributed by atoms with E-state index in [2.05, 4.69) is 103 Å². The zero-order valence-electron chi connectivity index (χ0n) is 51.3. The second-order valence-electron chi connectivity index (χ2n) is 21.8. The van der Waals surface area contributed by atoms with Gasteiger partial charge in [-0.05, 0) is 96.8 Å². The average Bonchev–Trinajstić information content (AvgIpc) is 1.90. The zero-order chi connectivity index (χ0) is 62.7. The Morgan fingerprint density at radius 3 is 1.49 bits per heavy atom. The summed E-state index contributed by atoms with van der Waals surface area (Å²) in [6.07, 6.45) is 16.9. The van der Waals surface area contributed by atoms with Crippen LogP contribution in [0, 0.1) is 13.1 Å². The molecular weight excluding hydrogens is 1220 g/mol. The summed E-state index contributed by atoms with van der Waals surface area (Å²) in [4.78, 5) is 59.8. The number of unbranched alkanes of at least 4 members (excludes halogenated alkanes) is 3. The fourth-order valence-corrected chi connectivity index (χ4v) is 27.5. The number of nitrogens with one attached hydrogen (secondary N) is 2. The number of anilines is 4. The number of nitrogen functional groups attached to an aromatic ring is 2. The molecule has 88 heavy (non-hydrogen) atoms. The summed E-state index contributed by atoms with van der Waals surface area (Å²) in [5, 5.41) is 9.50. The second-order valence-corrected chi connectivity index (χ2v) is 35.5. The maximum Gasteiger partial charge on any atom is 0.264 e. The van der Waals surface area contributed by atoms with E-state index < -0.39 is 18.4 Å². The number of aryl methyl sites for hydroxylation is 2. The van der Waals surface area contributed by atoms with Crippen molar-refractivity contribution in [2.24, 2.45) is 0 Å². The number of fused-ring (bicyclic) bond motifs is 2. The number of nitrogens with two attached hydrogens (primary N) is 2. The van der Waals surface area contributed by atoms with Gasteiger partial charge in [0, 0.05) is 47.0 Å². The van der Waals surface area contributed by atoms with Crippen LogP contribution in [0.3, 0.4) is 0 Å². The van der Waals surface area contributed by atoms with Gasteiger partial charge >= 0.3 is 137 Å². The molecule has 0 spiro atoms. The summed E-state index contributed by atoms with van der Waals surface area (Å²) in [5.41, 5.74) is 18.6. The molecule has 0 bridgehead atoms. The Morgan fingerprint density at radius 2 is 1.01 bits per heavy atom. The predicted molar refractivity (Wildman–Crippen MR) is 364 cm³/mol. The number of hydrogen-bond donors (Lipinski definition) is 4. The Bertz CT molecular complexity index is 4200. The smallest absolute Gasteiger partial charge is 0.264 e. The first-order valence-corrected chi connectivity index (χ1v) is 38.1. The maximum atomic E-state index is 14.3. The third-order valence-electron chi connectivity index (χ3n) is 15.8. The van der Waals surface area contributed by atoms with Crippen LogP contribution in [0.15, 0.2) is 168 Å². The van der Waals surface area contributed by atoms with E-state index in [1.807, 2.05) is 123 Å². The molecule has 6 heterocycles. The number of aromatic nitrogens is 8. The summed E-state index contributed by atoms with van der Waals surface area (Å²) in [6, 6.07) is 42.1. The van der Waals surface area contributed by atoms with Gasteiger partial charge in [-0.25, -0.2) is 29.6 Å². The van der Waals surface area contributed by atoms with Gasteiger partial charge in [0.1, 0.15) is 11.6 Å². The van der Waals surface area contributed by atoms with Crippen LogP contribution in [0.5, 0.6) is 0 Å². The number of halogens is 1. The van der Waals surface area contributed by atoms with Gasteiger partial charge in [-0.3, -0.25) is 23.7 Å². The van der Waals surface area contributed by atoms with E-state index in [1.54, 1.807) is 44.4 Å². The Labute approximate surface area is 525 Å². The molecule has 450 valence electrons. The summed E-state index contributed by atoms with van der Waals surface area (Å²) in [5.74, 6) is 0.750. The fraction of sp³-hybridized carbons (Fsp3) is 0.286. The van der Waals surface area contributed by atoms with Crippen LogP contribution in [0.25, 0.3) is 53.7 Å². The number of rotatable bonds is 21. The largest absolute Gasteiger partial charge is 0.371 e. The SMILES string of the molecule is CCC[CH2][Sn]([CH2]CCC)([CH2]CCC)[c]1ccnc(CC)c1.[C-]#[N+]c1cnc(N)nc1N[C@@H](C)c1cc2cccc(-c3ccnc(CC)c3)c2c(=O)n1-c1ccccc1.[C-]#[N+]c1cnc(N)nc1N[C@@H](C)c1cc2cccc(Cl)c2c(=O)n1-c1ccccc1. The van der Waals surface area contributed by atoms with E-state index in [1.165, 1.54) is 56.6 Å². The van der Waals surface area contributed by atoms with Crippen molar-refractivity contribution in [3.8, 4) is 22.5 Å². The molecule has 0 aliphatic heterocycles. The molecule has 0 fully saturated rings. The molecule has 0 aliphatic carbocycles. The maximum absolute atomic E-state index is 14.3. The van der Waals surface area contributed by atoms with Gasteiger partial charge in [0.05, 0.1) is 41.0 Å². The van der Waals surface area contributed by atoms with Crippen molar-refractivity contribution in [1.82, 2.24) is 39.0 Å². The molecule has 10 aromatic rings. The van der Waals surface area contributed by atoms with Crippen LogP contribution in [-0.2, 0) is 12.8 Å². The molecule has 10 rings (SSSR count). The van der Waals surface area contributed by atoms with Gasteiger partial charge in [0.2, 0.25) is 23.3 Å². The molecule has 0 saturated heterocycles. The minimum absolute atomic E-state index is 0.0582. The molecule has 0 radical (unpaired) electrons. The van der Waals surface area contributed by atoms with E-state index in [0.29, 0.717) is 38.8 Å². The molecule has 6 N–H and O–H groups in total. The van der Waals surface area contributed by atoms with Crippen molar-refractivity contribution in [3.05, 3.63) is 230 Å². The molecule has 0 aliphatic rings. The summed E-state index contributed by atoms with van der Waals surface area (Å²) in [6.45, 7) is 29.9. The number of para-hydroxylation sites is 2. The topological polar surface area (TPSA) is 206 Å². The molecular formula is C70H77ClN14O2Sn. The monoisotopic (exact) mass is 1300 g/mol. The fourth-order valence-electron chi connectivity index (χ4n) is 11.2. The molecule has 0 saturated carbocycles. The molecule has 2 atom stereocenters. The average molecular weight is 1300 g/mol. The Balaban J connectivity index is 0.000000178. The van der Waals surface area contributed by atoms with Crippen molar-refractivity contribution in [1.29, 1.82) is 0 Å². The molecule has 18 heteroatoms. The van der Waals surface area contributed by atoms with Gasteiger partial charge < -0.3 is 22.1 Å². The standard InChI is InChI=1S/C29H25N7O.C22H17ClN6O.C7H8N.3C4H9.Sn/c1-4-21-15-19(13-14-32-21)23-12-8-9-20-16-25(18(2)34-27-24(31-3)17-33-29(30)35-27)36(28(37)26(20)23)22-10-6-5-7-11-22;1-13(27-20-17(25-2)12-26-22(24)28-20)18-11-14-7-6-10-16(23)19(14)21(30)29(18)15-8-4-3-5-9-15;1-2-7-5-3-4-6-8-7;3*1-3-4-2;/h5-18H,4H2,1-2H3,(H3,30,33,34,35);3-13H,1H3,(H3,24,26,27,28);4-6H,2H2,1H3;3*1,3-4H2,2H3;/t18-;13-;;;;;/m00...../s1. The minimum atomic E-state index is -2.20. The third kappa shape index (κ3) is 15.4. The van der Waals surface area contributed by atoms with Crippen LogP contribution in [-0.4, -0.2) is 57.4 Å². The summed E-state index contributed by atoms with van der Waals surface area (Å²) >= 11 is 4.14. The first kappa shape index (κ1) is 65.0. The normalized spacial score (nSPS) is 11.8. The van der Waals surface area contributed by atoms with Gasteiger partial charge in [-0.2, -0.15) is 0 Å². The van der Waals surface area contributed by atoms with Crippen molar-refractivity contribution in [3.63, 3.8) is 0 Å². The minimum Gasteiger partial charge on any atom is -0.371 e. The van der Waals surface area contributed by atoms with Crippen LogP contribution < -0.4 is 36.8 Å². The second kappa shape index (κ2) is 31.1. The number of nitrogens with zero attached hydrogens (tertiary/aromatic N) is 10. The number of hydrogen-bond acceptors (Lipinski definition) is 12. The van der Waals surface area contributed by atoms with Crippen LogP contribution in [0.4, 0.5) is 34.9 Å². The summed E-state index contributed by atoms with van der Waals surface area (Å²) in [7, 11) is 0. The van der Waals surface area contributed by atoms with E-state index >= 15 is 0 Å². The molecule has 0 unspecified atom stereocenters.